The number of benzene rings is 3. The summed E-state index contributed by atoms with van der Waals surface area (Å²) >= 11 is 0. The standard InChI is InChI=1S/C40H49N4O8P/c1-27(2)44(28(3)4)53(50-23-11-22-41)52-35-24-37(43-25-29(5)38(45)42-39(43)46)51-36(35)26-49-40(30-12-9-8-10-13-30,31-14-18-33(47-6)19-15-31)32-16-20-34(48-7)21-17-32/h8-10,12-21,25,27-28,35-37H,11,23-24,26H2,1-7H3,(H,42,45,46)/t35-,36+,37+,53?/m0/s1/i42+1. The van der Waals surface area contributed by atoms with Crippen LogP contribution >= 0.6 is 8.53 Å². The Morgan fingerprint density at radius 2 is 1.49 bits per heavy atom. The van der Waals surface area contributed by atoms with Gasteiger partial charge in [-0.3, -0.25) is 14.3 Å². The Morgan fingerprint density at radius 1 is 0.925 bits per heavy atom. The van der Waals surface area contributed by atoms with Crippen molar-refractivity contribution in [3.63, 3.8) is 0 Å². The minimum Gasteiger partial charge on any atom is -0.497 e. The lowest BCUT2D eigenvalue weighted by Crippen LogP contribution is -2.39. The average molecular weight is 746 g/mol. The van der Waals surface area contributed by atoms with E-state index in [1.807, 2.05) is 78.9 Å². The summed E-state index contributed by atoms with van der Waals surface area (Å²) in [6.45, 7) is 10.2. The number of nitrogens with one attached hydrogen (secondary N) is 1. The Hall–Kier alpha value is -4.34. The van der Waals surface area contributed by atoms with Crippen LogP contribution in [0.3, 0.4) is 0 Å². The number of nitriles is 1. The number of H-pyrrole nitrogens is 1. The molecule has 0 radical (unpaired) electrons. The molecule has 1 unspecified atom stereocenters. The summed E-state index contributed by atoms with van der Waals surface area (Å²) in [5.74, 6) is 1.40. The van der Waals surface area contributed by atoms with Gasteiger partial charge in [-0.2, -0.15) is 5.26 Å². The largest absolute Gasteiger partial charge is 0.497 e. The molecule has 0 spiro atoms. The van der Waals surface area contributed by atoms with Gasteiger partial charge in [0.25, 0.3) is 14.1 Å². The van der Waals surface area contributed by atoms with E-state index in [1.54, 1.807) is 21.1 Å². The molecular weight excluding hydrogens is 696 g/mol. The third-order valence-corrected chi connectivity index (χ3v) is 11.3. The second-order valence-corrected chi connectivity index (χ2v) is 14.8. The third kappa shape index (κ3) is 9.07. The van der Waals surface area contributed by atoms with Crippen molar-refractivity contribution in [1.82, 2.24) is 14.2 Å². The molecule has 282 valence electrons. The summed E-state index contributed by atoms with van der Waals surface area (Å²) < 4.78 is 41.6. The molecule has 13 heteroatoms. The van der Waals surface area contributed by atoms with Crippen LogP contribution in [0.2, 0.25) is 0 Å². The third-order valence-electron chi connectivity index (χ3n) is 9.16. The van der Waals surface area contributed by atoms with E-state index in [4.69, 9.17) is 28.0 Å². The quantitative estimate of drug-likeness (QED) is 0.0697. The molecule has 1 aromatic heterocycles. The summed E-state index contributed by atoms with van der Waals surface area (Å²) in [7, 11) is 1.59. The first-order chi connectivity index (χ1) is 25.5. The van der Waals surface area contributed by atoms with E-state index in [2.05, 4.69) is 43.4 Å². The van der Waals surface area contributed by atoms with Crippen molar-refractivity contribution in [3.8, 4) is 17.6 Å². The number of methoxy groups -OCH3 is 2. The van der Waals surface area contributed by atoms with Gasteiger partial charge in [0.1, 0.15) is 29.4 Å². The van der Waals surface area contributed by atoms with Crippen molar-refractivity contribution in [2.24, 2.45) is 0 Å². The molecule has 1 aliphatic heterocycles. The van der Waals surface area contributed by atoms with Crippen molar-refractivity contribution < 1.29 is 28.0 Å². The Balaban J connectivity index is 1.60. The first-order valence-corrected chi connectivity index (χ1v) is 18.9. The molecule has 2 heterocycles. The van der Waals surface area contributed by atoms with Gasteiger partial charge in [-0.15, -0.1) is 0 Å². The normalized spacial score (nSPS) is 18.0. The Morgan fingerprint density at radius 3 is 2.02 bits per heavy atom. The van der Waals surface area contributed by atoms with Crippen LogP contribution in [-0.4, -0.2) is 65.9 Å². The van der Waals surface area contributed by atoms with E-state index in [0.29, 0.717) is 17.1 Å². The van der Waals surface area contributed by atoms with Gasteiger partial charge in [0, 0.05) is 30.3 Å². The molecule has 0 saturated carbocycles. The minimum atomic E-state index is -1.67. The molecule has 0 amide bonds. The molecule has 53 heavy (non-hydrogen) atoms. The van der Waals surface area contributed by atoms with Crippen LogP contribution in [0.25, 0.3) is 0 Å². The van der Waals surface area contributed by atoms with Crippen LogP contribution in [0, 0.1) is 18.3 Å². The van der Waals surface area contributed by atoms with Gasteiger partial charge in [0.2, 0.25) is 0 Å². The number of nitrogens with zero attached hydrogens (tertiary/aromatic N) is 3. The lowest BCUT2D eigenvalue weighted by Gasteiger charge is -2.39. The molecular formula is C40H49N4O8P. The fourth-order valence-electron chi connectivity index (χ4n) is 6.62. The molecule has 4 aromatic rings. The van der Waals surface area contributed by atoms with Crippen LogP contribution in [0.15, 0.2) is 94.6 Å². The van der Waals surface area contributed by atoms with Crippen LogP contribution in [0.4, 0.5) is 0 Å². The van der Waals surface area contributed by atoms with Crippen molar-refractivity contribution in [2.45, 2.75) is 83.6 Å². The number of ether oxygens (including phenoxy) is 4. The maximum absolute atomic E-state index is 13.1. The smallest absolute Gasteiger partial charge is 0.330 e. The van der Waals surface area contributed by atoms with Gasteiger partial charge in [0.05, 0.1) is 46.0 Å². The summed E-state index contributed by atoms with van der Waals surface area (Å²) in [4.78, 5) is 27.8. The van der Waals surface area contributed by atoms with Gasteiger partial charge in [-0.1, -0.05) is 54.6 Å². The highest BCUT2D eigenvalue weighted by Gasteiger charge is 2.45. The highest BCUT2D eigenvalue weighted by molar-refractivity contribution is 7.44. The number of hydrogen-bond acceptors (Lipinski definition) is 10. The first-order valence-electron chi connectivity index (χ1n) is 17.7. The summed E-state index contributed by atoms with van der Waals surface area (Å²) in [6, 6.07) is 27.8. The second kappa shape index (κ2) is 18.1. The Kier molecular flexibility index (Phi) is 13.6. The number of aryl methyl sites for hydroxylation is 1. The van der Waals surface area contributed by atoms with E-state index < -0.39 is 43.8 Å². The maximum atomic E-state index is 13.1. The fourth-order valence-corrected chi connectivity index (χ4v) is 8.38. The van der Waals surface area contributed by atoms with E-state index in [0.717, 1.165) is 16.7 Å². The van der Waals surface area contributed by atoms with E-state index in [-0.39, 0.29) is 38.1 Å². The van der Waals surface area contributed by atoms with Crippen LogP contribution in [0.1, 0.15) is 69.0 Å². The molecule has 0 aliphatic carbocycles. The molecule has 1 N–H and O–H groups in total. The SMILES string of the molecule is COc1ccc(C(OC[C@H]2O[C@@H](n3cc(C)c(=O)[15nH]c3=O)C[C@@H]2OP(OCCC#N)N(C(C)C)C(C)C)(c2ccccc2)c2ccc(OC)cc2)cc1. The molecule has 1 aliphatic rings. The summed E-state index contributed by atoms with van der Waals surface area (Å²) in [6.07, 6.45) is -0.0783. The van der Waals surface area contributed by atoms with Crippen molar-refractivity contribution in [2.75, 3.05) is 27.4 Å². The lowest BCUT2D eigenvalue weighted by atomic mass is 9.80. The van der Waals surface area contributed by atoms with Gasteiger partial charge >= 0.3 is 5.69 Å². The van der Waals surface area contributed by atoms with E-state index >= 15 is 0 Å². The number of aromatic nitrogens is 2. The van der Waals surface area contributed by atoms with Gasteiger partial charge in [0.15, 0.2) is 0 Å². The Bertz CT molecular complexity index is 1870. The van der Waals surface area contributed by atoms with Gasteiger partial charge < -0.3 is 28.0 Å². The molecule has 3 aromatic carbocycles. The van der Waals surface area contributed by atoms with Crippen LogP contribution < -0.4 is 20.7 Å². The number of rotatable bonds is 17. The Labute approximate surface area is 312 Å². The van der Waals surface area contributed by atoms with Crippen LogP contribution in [-0.2, 0) is 24.1 Å². The van der Waals surface area contributed by atoms with Crippen molar-refractivity contribution >= 4 is 8.53 Å². The maximum Gasteiger partial charge on any atom is 0.330 e. The topological polar surface area (TPSA) is 137 Å². The van der Waals surface area contributed by atoms with E-state index in [9.17, 15) is 14.9 Å². The fraction of sp³-hybridized carbons (Fsp3) is 0.425. The zero-order chi connectivity index (χ0) is 38.1. The minimum absolute atomic E-state index is 0.0376. The van der Waals surface area contributed by atoms with Gasteiger partial charge in [-0.05, 0) is 75.6 Å². The monoisotopic (exact) mass is 745 g/mol. The molecule has 5 rings (SSSR count). The molecule has 1 fully saturated rings. The molecule has 0 bridgehead atoms. The highest BCUT2D eigenvalue weighted by Crippen LogP contribution is 2.50. The van der Waals surface area contributed by atoms with Gasteiger partial charge in [-0.25, -0.2) is 9.46 Å². The predicted molar refractivity (Wildman–Crippen MR) is 203 cm³/mol. The van der Waals surface area contributed by atoms with Crippen molar-refractivity contribution in [3.05, 3.63) is 128 Å². The average Bonchev–Trinajstić information content (AvgIpc) is 3.56. The summed E-state index contributed by atoms with van der Waals surface area (Å²) in [5.41, 5.74) is 0.779. The molecule has 4 atom stereocenters. The zero-order valence-corrected chi connectivity index (χ0v) is 32.2. The van der Waals surface area contributed by atoms with Crippen molar-refractivity contribution in [1.29, 1.82) is 5.26 Å². The first kappa shape index (κ1) is 39.9. The molecule has 1 saturated heterocycles. The number of hydrogen-bond donors (Lipinski definition) is 1. The second-order valence-electron chi connectivity index (χ2n) is 13.3. The zero-order valence-electron chi connectivity index (χ0n) is 31.4. The van der Waals surface area contributed by atoms with E-state index in [1.165, 1.54) is 10.8 Å². The number of aromatic amines is 1. The summed E-state index contributed by atoms with van der Waals surface area (Å²) in [5, 5.41) is 9.29. The lowest BCUT2D eigenvalue weighted by molar-refractivity contribution is -0.0926. The van der Waals surface area contributed by atoms with Crippen LogP contribution in [0.5, 0.6) is 11.5 Å². The predicted octanol–water partition coefficient (Wildman–Crippen LogP) is 6.82. The molecule has 12 nitrogen and oxygen atoms in total. The highest BCUT2D eigenvalue weighted by atomic mass is 31.2.